The summed E-state index contributed by atoms with van der Waals surface area (Å²) in [6.45, 7) is 3.07. The third-order valence-corrected chi connectivity index (χ3v) is 9.59. The predicted molar refractivity (Wildman–Crippen MR) is 167 cm³/mol. The molecule has 0 fully saturated rings. The van der Waals surface area contributed by atoms with Crippen molar-refractivity contribution in [2.45, 2.75) is 56.5 Å². The van der Waals surface area contributed by atoms with E-state index in [1.54, 1.807) is 17.0 Å². The number of nitrogens with zero attached hydrogens (tertiary/aromatic N) is 2. The summed E-state index contributed by atoms with van der Waals surface area (Å²) in [5.74, 6) is -0.362. The molecule has 7 nitrogen and oxygen atoms in total. The van der Waals surface area contributed by atoms with Crippen LogP contribution in [0.5, 0.6) is 0 Å². The van der Waals surface area contributed by atoms with Gasteiger partial charge in [0, 0.05) is 37.9 Å². The Kier molecular flexibility index (Phi) is 9.22. The van der Waals surface area contributed by atoms with Crippen molar-refractivity contribution in [1.29, 1.82) is 0 Å². The first kappa shape index (κ1) is 29.3. The molecule has 4 aromatic carbocycles. The number of carbonyl (C=O) groups is 2. The largest absolute Gasteiger partial charge is 0.354 e. The van der Waals surface area contributed by atoms with Gasteiger partial charge in [0.2, 0.25) is 11.8 Å². The Labute approximate surface area is 248 Å². The predicted octanol–water partition coefficient (Wildman–Crippen LogP) is 5.69. The molecule has 0 unspecified atom stereocenters. The Morgan fingerprint density at radius 2 is 1.50 bits per heavy atom. The van der Waals surface area contributed by atoms with Gasteiger partial charge in [0.1, 0.15) is 6.04 Å². The van der Waals surface area contributed by atoms with E-state index in [0.717, 1.165) is 34.7 Å². The van der Waals surface area contributed by atoms with Crippen LogP contribution in [-0.2, 0) is 32.6 Å². The van der Waals surface area contributed by atoms with Gasteiger partial charge >= 0.3 is 0 Å². The Balaban J connectivity index is 1.37. The van der Waals surface area contributed by atoms with E-state index in [4.69, 9.17) is 0 Å². The summed E-state index contributed by atoms with van der Waals surface area (Å²) >= 11 is 0. The molecule has 5 rings (SSSR count). The molecule has 0 radical (unpaired) electrons. The number of rotatable bonds is 13. The van der Waals surface area contributed by atoms with E-state index in [0.29, 0.717) is 30.0 Å². The highest BCUT2D eigenvalue weighted by Crippen LogP contribution is 2.42. The first-order valence-electron chi connectivity index (χ1n) is 14.6. The molecule has 8 heteroatoms. The number of benzene rings is 4. The molecule has 218 valence electrons. The fourth-order valence-electron chi connectivity index (χ4n) is 5.56. The molecule has 0 saturated heterocycles. The Morgan fingerprint density at radius 1 is 0.833 bits per heavy atom. The average molecular weight is 584 g/mol. The van der Waals surface area contributed by atoms with Gasteiger partial charge in [-0.15, -0.1) is 0 Å². The second kappa shape index (κ2) is 13.2. The number of hydrogen-bond acceptors (Lipinski definition) is 4. The molecule has 0 bridgehead atoms. The van der Waals surface area contributed by atoms with E-state index in [2.05, 4.69) is 12.2 Å². The molecule has 1 N–H and O–H groups in total. The Bertz CT molecular complexity index is 1640. The van der Waals surface area contributed by atoms with Crippen molar-refractivity contribution in [2.75, 3.05) is 17.4 Å². The van der Waals surface area contributed by atoms with Crippen molar-refractivity contribution in [3.63, 3.8) is 0 Å². The van der Waals surface area contributed by atoms with Crippen molar-refractivity contribution in [3.8, 4) is 0 Å². The van der Waals surface area contributed by atoms with Crippen molar-refractivity contribution in [1.82, 2.24) is 10.2 Å². The van der Waals surface area contributed by atoms with Crippen LogP contribution < -0.4 is 9.62 Å². The lowest BCUT2D eigenvalue weighted by Gasteiger charge is -2.32. The van der Waals surface area contributed by atoms with Gasteiger partial charge < -0.3 is 10.2 Å². The first-order chi connectivity index (χ1) is 20.4. The fourth-order valence-corrected chi connectivity index (χ4v) is 7.31. The van der Waals surface area contributed by atoms with Gasteiger partial charge in [-0.25, -0.2) is 8.42 Å². The normalized spacial score (nSPS) is 14.1. The molecule has 0 saturated carbocycles. The van der Waals surface area contributed by atoms with Gasteiger partial charge in [0.25, 0.3) is 10.0 Å². The van der Waals surface area contributed by atoms with Crippen LogP contribution in [0.2, 0.25) is 0 Å². The minimum atomic E-state index is -3.70. The summed E-state index contributed by atoms with van der Waals surface area (Å²) in [6, 6.07) is 29.6. The molecule has 42 heavy (non-hydrogen) atoms. The Hall–Kier alpha value is -4.17. The van der Waals surface area contributed by atoms with Crippen molar-refractivity contribution >= 4 is 38.3 Å². The van der Waals surface area contributed by atoms with Crippen LogP contribution in [0.1, 0.15) is 43.7 Å². The first-order valence-corrected chi connectivity index (χ1v) is 16.0. The number of amides is 2. The molecule has 4 aromatic rings. The highest BCUT2D eigenvalue weighted by Gasteiger charge is 2.36. The molecule has 2 amide bonds. The van der Waals surface area contributed by atoms with Gasteiger partial charge in [-0.3, -0.25) is 13.9 Å². The van der Waals surface area contributed by atoms with Crippen LogP contribution in [0.3, 0.4) is 0 Å². The molecular formula is C34H37N3O4S. The monoisotopic (exact) mass is 583 g/mol. The summed E-state index contributed by atoms with van der Waals surface area (Å²) < 4.78 is 28.3. The van der Waals surface area contributed by atoms with Crippen molar-refractivity contribution in [3.05, 3.63) is 108 Å². The van der Waals surface area contributed by atoms with Gasteiger partial charge in [-0.1, -0.05) is 98.3 Å². The van der Waals surface area contributed by atoms with Gasteiger partial charge in [-0.05, 0) is 41.5 Å². The van der Waals surface area contributed by atoms with E-state index in [1.165, 1.54) is 4.31 Å². The van der Waals surface area contributed by atoms with Crippen LogP contribution in [0.4, 0.5) is 5.69 Å². The maximum Gasteiger partial charge on any atom is 0.265 e. The zero-order chi connectivity index (χ0) is 29.5. The third kappa shape index (κ3) is 6.34. The van der Waals surface area contributed by atoms with Crippen LogP contribution in [0.25, 0.3) is 10.8 Å². The van der Waals surface area contributed by atoms with Crippen LogP contribution in [0.15, 0.2) is 102 Å². The van der Waals surface area contributed by atoms with E-state index in [-0.39, 0.29) is 31.3 Å². The second-order valence-corrected chi connectivity index (χ2v) is 12.5. The zero-order valence-electron chi connectivity index (χ0n) is 23.9. The molecule has 1 heterocycles. The molecule has 0 spiro atoms. The second-order valence-electron chi connectivity index (χ2n) is 10.7. The maximum atomic E-state index is 13.9. The minimum absolute atomic E-state index is 0.110. The summed E-state index contributed by atoms with van der Waals surface area (Å²) in [5, 5.41) is 4.64. The zero-order valence-corrected chi connectivity index (χ0v) is 24.7. The van der Waals surface area contributed by atoms with E-state index in [9.17, 15) is 18.0 Å². The molecule has 0 aliphatic carbocycles. The van der Waals surface area contributed by atoms with Crippen molar-refractivity contribution in [2.24, 2.45) is 0 Å². The smallest absolute Gasteiger partial charge is 0.265 e. The van der Waals surface area contributed by atoms with E-state index in [1.807, 2.05) is 84.9 Å². The lowest BCUT2D eigenvalue weighted by molar-refractivity contribution is -0.141. The van der Waals surface area contributed by atoms with Crippen LogP contribution >= 0.6 is 0 Å². The van der Waals surface area contributed by atoms with Crippen molar-refractivity contribution < 1.29 is 18.0 Å². The number of nitrogens with one attached hydrogen (secondary N) is 1. The van der Waals surface area contributed by atoms with Crippen LogP contribution in [-0.4, -0.2) is 44.3 Å². The molecule has 1 aliphatic rings. The summed E-state index contributed by atoms with van der Waals surface area (Å²) in [4.78, 5) is 29.5. The summed E-state index contributed by atoms with van der Waals surface area (Å²) in [6.07, 6.45) is 2.63. The maximum absolute atomic E-state index is 13.9. The molecule has 1 aliphatic heterocycles. The number of unbranched alkanes of at least 4 members (excludes halogenated alkanes) is 1. The SMILES string of the molecule is CCCCNC(=O)[C@H](Cc1ccccc1)N(Cc1ccccc1)C(=O)CCCN1c2cccc3cccc(c23)S1(=O)=O. The number of anilines is 1. The summed E-state index contributed by atoms with van der Waals surface area (Å²) in [5.41, 5.74) is 2.54. The molecule has 1 atom stereocenters. The Morgan fingerprint density at radius 3 is 2.19 bits per heavy atom. The summed E-state index contributed by atoms with van der Waals surface area (Å²) in [7, 11) is -3.70. The van der Waals surface area contributed by atoms with E-state index >= 15 is 0 Å². The fraction of sp³-hybridized carbons (Fsp3) is 0.294. The van der Waals surface area contributed by atoms with Gasteiger partial charge in [0.15, 0.2) is 0 Å². The topological polar surface area (TPSA) is 86.8 Å². The lowest BCUT2D eigenvalue weighted by Crippen LogP contribution is -2.50. The van der Waals surface area contributed by atoms with Crippen LogP contribution in [0, 0.1) is 0 Å². The average Bonchev–Trinajstić information content (AvgIpc) is 3.23. The molecule has 0 aromatic heterocycles. The standard InChI is InChI=1S/C34H37N3O4S/c1-2-3-22-35-34(39)30(24-26-13-6-4-7-14-26)36(25-27-15-8-5-9-16-27)32(38)21-12-23-37-29-19-10-17-28-18-11-20-31(33(28)29)42(37,40)41/h4-11,13-20,30H,2-3,12,21-25H2,1H3,(H,35,39)/t30-/m0/s1. The number of sulfonamides is 1. The minimum Gasteiger partial charge on any atom is -0.354 e. The molecular weight excluding hydrogens is 546 g/mol. The third-order valence-electron chi connectivity index (χ3n) is 7.73. The van der Waals surface area contributed by atoms with E-state index < -0.39 is 16.1 Å². The van der Waals surface area contributed by atoms with Gasteiger partial charge in [-0.2, -0.15) is 0 Å². The van der Waals surface area contributed by atoms with Gasteiger partial charge in [0.05, 0.1) is 10.6 Å². The number of carbonyl (C=O) groups excluding carboxylic acids is 2. The highest BCUT2D eigenvalue weighted by atomic mass is 32.2. The highest BCUT2D eigenvalue weighted by molar-refractivity contribution is 7.93. The quantitative estimate of drug-likeness (QED) is 0.205. The number of hydrogen-bond donors (Lipinski definition) is 1. The lowest BCUT2D eigenvalue weighted by atomic mass is 10.0.